The number of anilines is 2. The lowest BCUT2D eigenvalue weighted by molar-refractivity contribution is 0.210. The number of hydrogen-bond acceptors (Lipinski definition) is 6. The molecule has 4 rings (SSSR count). The summed E-state index contributed by atoms with van der Waals surface area (Å²) in [5.41, 5.74) is 8.05. The topological polar surface area (TPSA) is 100 Å². The molecule has 8 nitrogen and oxygen atoms in total. The first-order valence-electron chi connectivity index (χ1n) is 11.0. The zero-order chi connectivity index (χ0) is 22.7. The highest BCUT2D eigenvalue weighted by molar-refractivity contribution is 5.48. The predicted octanol–water partition coefficient (Wildman–Crippen LogP) is 2.08. The van der Waals surface area contributed by atoms with Crippen LogP contribution in [0.15, 0.2) is 64.4 Å². The Morgan fingerprint density at radius 3 is 2.38 bits per heavy atom. The molecule has 0 radical (unpaired) electrons. The number of piperazine rings is 1. The van der Waals surface area contributed by atoms with E-state index in [1.54, 1.807) is 12.4 Å². The maximum atomic E-state index is 13.0. The van der Waals surface area contributed by atoms with Crippen molar-refractivity contribution in [3.8, 4) is 0 Å². The Morgan fingerprint density at radius 1 is 1.03 bits per heavy atom. The van der Waals surface area contributed by atoms with Crippen LogP contribution in [0.1, 0.15) is 31.0 Å². The van der Waals surface area contributed by atoms with Gasteiger partial charge in [0.05, 0.1) is 11.6 Å². The van der Waals surface area contributed by atoms with Gasteiger partial charge < -0.3 is 10.6 Å². The van der Waals surface area contributed by atoms with Gasteiger partial charge in [-0.15, -0.1) is 0 Å². The van der Waals surface area contributed by atoms with Crippen molar-refractivity contribution in [2.75, 3.05) is 36.8 Å². The summed E-state index contributed by atoms with van der Waals surface area (Å²) < 4.78 is 1.48. The van der Waals surface area contributed by atoms with E-state index in [0.29, 0.717) is 12.1 Å². The lowest BCUT2D eigenvalue weighted by atomic mass is 9.98. The predicted molar refractivity (Wildman–Crippen MR) is 127 cm³/mol. The maximum absolute atomic E-state index is 13.0. The van der Waals surface area contributed by atoms with Gasteiger partial charge in [-0.25, -0.2) is 4.79 Å². The molecule has 1 aromatic carbocycles. The van der Waals surface area contributed by atoms with Gasteiger partial charge in [-0.05, 0) is 29.7 Å². The van der Waals surface area contributed by atoms with E-state index in [9.17, 15) is 9.59 Å². The zero-order valence-corrected chi connectivity index (χ0v) is 18.6. The van der Waals surface area contributed by atoms with E-state index in [1.807, 2.05) is 44.2 Å². The van der Waals surface area contributed by atoms with Crippen LogP contribution in [0.25, 0.3) is 0 Å². The Balaban J connectivity index is 1.72. The molecule has 3 aromatic rings. The van der Waals surface area contributed by atoms with Gasteiger partial charge in [-0.3, -0.25) is 24.2 Å². The first-order valence-corrected chi connectivity index (χ1v) is 11.0. The van der Waals surface area contributed by atoms with Crippen molar-refractivity contribution in [2.45, 2.75) is 26.4 Å². The Kier molecular flexibility index (Phi) is 6.41. The van der Waals surface area contributed by atoms with Gasteiger partial charge in [0.15, 0.2) is 0 Å². The molecule has 1 atom stereocenters. The van der Waals surface area contributed by atoms with Crippen molar-refractivity contribution in [1.82, 2.24) is 19.4 Å². The molecule has 168 valence electrons. The molecule has 0 amide bonds. The number of nitrogens with two attached hydrogens (primary N) is 1. The van der Waals surface area contributed by atoms with Crippen molar-refractivity contribution in [3.05, 3.63) is 86.8 Å². The number of hydrogen-bond donors (Lipinski definition) is 2. The monoisotopic (exact) mass is 434 g/mol. The molecule has 3 N–H and O–H groups in total. The van der Waals surface area contributed by atoms with Crippen LogP contribution >= 0.6 is 0 Å². The lowest BCUT2D eigenvalue weighted by Gasteiger charge is -2.40. The number of H-pyrrole nitrogens is 1. The van der Waals surface area contributed by atoms with Crippen LogP contribution in [0.5, 0.6) is 0 Å². The van der Waals surface area contributed by atoms with Crippen LogP contribution in [0.3, 0.4) is 0 Å². The van der Waals surface area contributed by atoms with Gasteiger partial charge in [-0.2, -0.15) is 0 Å². The average Bonchev–Trinajstić information content (AvgIpc) is 2.80. The number of para-hydroxylation sites is 1. The molecule has 32 heavy (non-hydrogen) atoms. The quantitative estimate of drug-likeness (QED) is 0.616. The second-order valence-electron chi connectivity index (χ2n) is 8.61. The number of pyridine rings is 1. The summed E-state index contributed by atoms with van der Waals surface area (Å²) in [6.07, 6.45) is 3.48. The first-order chi connectivity index (χ1) is 15.5. The number of aromatic nitrogens is 3. The number of nitrogen functional groups attached to an aromatic ring is 1. The van der Waals surface area contributed by atoms with E-state index in [4.69, 9.17) is 5.73 Å². The minimum atomic E-state index is -0.469. The minimum absolute atomic E-state index is 0.208. The van der Waals surface area contributed by atoms with Crippen LogP contribution in [-0.2, 0) is 6.54 Å². The first kappa shape index (κ1) is 21.8. The Morgan fingerprint density at radius 2 is 1.75 bits per heavy atom. The second kappa shape index (κ2) is 9.40. The molecule has 0 saturated carbocycles. The Bertz CT molecular complexity index is 1150. The molecular weight excluding hydrogens is 404 g/mol. The third-order valence-electron chi connectivity index (χ3n) is 5.90. The fourth-order valence-corrected chi connectivity index (χ4v) is 4.39. The molecular formula is C24H30N6O2. The Hall–Kier alpha value is -3.39. The van der Waals surface area contributed by atoms with Crippen LogP contribution in [0.4, 0.5) is 11.5 Å². The van der Waals surface area contributed by atoms with Gasteiger partial charge in [0.2, 0.25) is 0 Å². The van der Waals surface area contributed by atoms with Crippen LogP contribution in [-0.4, -0.2) is 45.6 Å². The fraction of sp³-hybridized carbons (Fsp3) is 0.375. The largest absolute Gasteiger partial charge is 0.385 e. The summed E-state index contributed by atoms with van der Waals surface area (Å²) in [6, 6.07) is 13.7. The van der Waals surface area contributed by atoms with Crippen LogP contribution in [0, 0.1) is 5.92 Å². The molecule has 8 heteroatoms. The smallest absolute Gasteiger partial charge is 0.329 e. The van der Waals surface area contributed by atoms with Crippen molar-refractivity contribution in [1.29, 1.82) is 0 Å². The number of benzene rings is 1. The molecule has 0 spiro atoms. The third-order valence-corrected chi connectivity index (χ3v) is 5.90. The standard InChI is InChI=1S/C24H30N6O2/c1-17(2)16-30-22(25)20(23(31)27-24(30)32)21(18-7-6-10-26-15-18)29-13-11-28(12-14-29)19-8-4-3-5-9-19/h3-10,15,17,21H,11-14,16,25H2,1-2H3,(H,27,31,32)/t21-/m1/s1. The number of aromatic amines is 1. The molecule has 1 aliphatic heterocycles. The molecule has 1 fully saturated rings. The number of rotatable bonds is 6. The molecule has 2 aromatic heterocycles. The molecule has 3 heterocycles. The lowest BCUT2D eigenvalue weighted by Crippen LogP contribution is -2.49. The van der Waals surface area contributed by atoms with Gasteiger partial charge in [-0.1, -0.05) is 38.1 Å². The van der Waals surface area contributed by atoms with Crippen LogP contribution in [0.2, 0.25) is 0 Å². The average molecular weight is 435 g/mol. The van der Waals surface area contributed by atoms with Gasteiger partial charge in [0, 0.05) is 50.8 Å². The maximum Gasteiger partial charge on any atom is 0.329 e. The van der Waals surface area contributed by atoms with E-state index in [1.165, 1.54) is 10.3 Å². The molecule has 0 unspecified atom stereocenters. The summed E-state index contributed by atoms with van der Waals surface area (Å²) in [5.74, 6) is 0.437. The SMILES string of the molecule is CC(C)Cn1c(N)c([C@@H](c2cccnc2)N2CCN(c3ccccc3)CC2)c(=O)[nH]c1=O. The number of nitrogens with zero attached hydrogens (tertiary/aromatic N) is 4. The van der Waals surface area contributed by atoms with E-state index in [0.717, 1.165) is 31.7 Å². The van der Waals surface area contributed by atoms with Crippen molar-refractivity contribution < 1.29 is 0 Å². The highest BCUT2D eigenvalue weighted by Crippen LogP contribution is 2.31. The normalized spacial score (nSPS) is 15.8. The Labute approximate surface area is 187 Å². The number of nitrogens with one attached hydrogen (secondary N) is 1. The van der Waals surface area contributed by atoms with Crippen molar-refractivity contribution in [2.24, 2.45) is 5.92 Å². The highest BCUT2D eigenvalue weighted by atomic mass is 16.2. The van der Waals surface area contributed by atoms with E-state index in [2.05, 4.69) is 31.9 Å². The third kappa shape index (κ3) is 4.45. The van der Waals surface area contributed by atoms with Crippen molar-refractivity contribution >= 4 is 11.5 Å². The van der Waals surface area contributed by atoms with Crippen molar-refractivity contribution in [3.63, 3.8) is 0 Å². The summed E-state index contributed by atoms with van der Waals surface area (Å²) in [7, 11) is 0. The highest BCUT2D eigenvalue weighted by Gasteiger charge is 2.31. The van der Waals surface area contributed by atoms with E-state index >= 15 is 0 Å². The van der Waals surface area contributed by atoms with E-state index in [-0.39, 0.29) is 17.8 Å². The van der Waals surface area contributed by atoms with Gasteiger partial charge >= 0.3 is 5.69 Å². The minimum Gasteiger partial charge on any atom is -0.385 e. The van der Waals surface area contributed by atoms with E-state index < -0.39 is 11.2 Å². The van der Waals surface area contributed by atoms with Crippen LogP contribution < -0.4 is 21.9 Å². The fourth-order valence-electron chi connectivity index (χ4n) is 4.39. The molecule has 1 aliphatic rings. The van der Waals surface area contributed by atoms with Gasteiger partial charge in [0.25, 0.3) is 5.56 Å². The summed E-state index contributed by atoms with van der Waals surface area (Å²) in [5, 5.41) is 0. The zero-order valence-electron chi connectivity index (χ0n) is 18.6. The summed E-state index contributed by atoms with van der Waals surface area (Å²) in [4.78, 5) is 36.9. The molecule has 1 saturated heterocycles. The van der Waals surface area contributed by atoms with Gasteiger partial charge in [0.1, 0.15) is 5.82 Å². The molecule has 0 bridgehead atoms. The summed E-state index contributed by atoms with van der Waals surface area (Å²) >= 11 is 0. The molecule has 0 aliphatic carbocycles. The summed E-state index contributed by atoms with van der Waals surface area (Å²) in [6.45, 7) is 7.60. The second-order valence-corrected chi connectivity index (χ2v) is 8.61.